The van der Waals surface area contributed by atoms with E-state index in [1.807, 2.05) is 18.2 Å². The van der Waals surface area contributed by atoms with Crippen LogP contribution in [0.25, 0.3) is 11.0 Å². The van der Waals surface area contributed by atoms with E-state index in [1.54, 1.807) is 0 Å². The number of H-pyrrole nitrogens is 1. The average Bonchev–Trinajstić information content (AvgIpc) is 2.97. The van der Waals surface area contributed by atoms with E-state index in [-0.39, 0.29) is 6.10 Å². The molecule has 1 aromatic heterocycles. The molecular weight excluding hydrogens is 262 g/mol. The third-order valence-corrected chi connectivity index (χ3v) is 4.59. The molecule has 0 aliphatic carbocycles. The number of benzene rings is 1. The van der Waals surface area contributed by atoms with E-state index in [4.69, 9.17) is 10.5 Å². The van der Waals surface area contributed by atoms with Crippen LogP contribution in [-0.2, 0) is 21.3 Å². The molecule has 3 rings (SSSR count). The van der Waals surface area contributed by atoms with Crippen molar-refractivity contribution < 1.29 is 8.95 Å². The van der Waals surface area contributed by atoms with Crippen LogP contribution in [0.5, 0.6) is 0 Å². The Morgan fingerprint density at radius 1 is 1.53 bits per heavy atom. The van der Waals surface area contributed by atoms with Gasteiger partial charge in [-0.05, 0) is 31.0 Å². The fraction of sp³-hybridized carbons (Fsp3) is 0.462. The zero-order valence-electron chi connectivity index (χ0n) is 10.6. The van der Waals surface area contributed by atoms with Crippen LogP contribution in [0.1, 0.15) is 18.7 Å². The van der Waals surface area contributed by atoms with Crippen molar-refractivity contribution in [3.05, 3.63) is 24.0 Å². The minimum atomic E-state index is -0.943. The summed E-state index contributed by atoms with van der Waals surface area (Å²) in [6, 6.07) is 5.53. The van der Waals surface area contributed by atoms with Crippen molar-refractivity contribution in [3.8, 4) is 0 Å². The lowest BCUT2D eigenvalue weighted by atomic mass is 10.3. The Kier molecular flexibility index (Phi) is 3.52. The number of nitrogens with two attached hydrogens (primary N) is 1. The Morgan fingerprint density at radius 3 is 3.21 bits per heavy atom. The van der Waals surface area contributed by atoms with Crippen molar-refractivity contribution in [1.29, 1.82) is 0 Å². The number of aromatic amines is 1. The first-order valence-electron chi connectivity index (χ1n) is 6.41. The Hall–Kier alpha value is -1.40. The molecule has 2 unspecified atom stereocenters. The second kappa shape index (κ2) is 5.30. The molecule has 102 valence electrons. The highest BCUT2D eigenvalue weighted by Gasteiger charge is 2.19. The lowest BCUT2D eigenvalue weighted by Crippen LogP contribution is -2.16. The van der Waals surface area contributed by atoms with E-state index >= 15 is 0 Å². The number of fused-ring (bicyclic) bond motifs is 1. The molecule has 5 nitrogen and oxygen atoms in total. The molecule has 1 aromatic carbocycles. The van der Waals surface area contributed by atoms with Crippen LogP contribution in [0, 0.1) is 0 Å². The molecule has 19 heavy (non-hydrogen) atoms. The number of hydrogen-bond donors (Lipinski definition) is 2. The quantitative estimate of drug-likeness (QED) is 0.832. The van der Waals surface area contributed by atoms with Crippen molar-refractivity contribution in [2.75, 3.05) is 18.1 Å². The summed E-state index contributed by atoms with van der Waals surface area (Å²) in [4.78, 5) is 7.59. The summed E-state index contributed by atoms with van der Waals surface area (Å²) in [6.45, 7) is 0.797. The Bertz CT molecular complexity index is 605. The Balaban J connectivity index is 1.68. The van der Waals surface area contributed by atoms with Crippen LogP contribution >= 0.6 is 0 Å². The van der Waals surface area contributed by atoms with Crippen LogP contribution < -0.4 is 5.73 Å². The lowest BCUT2D eigenvalue weighted by Gasteiger charge is -2.07. The van der Waals surface area contributed by atoms with Crippen molar-refractivity contribution >= 4 is 27.5 Å². The molecule has 0 radical (unpaired) electrons. The van der Waals surface area contributed by atoms with Gasteiger partial charge in [-0.3, -0.25) is 4.21 Å². The lowest BCUT2D eigenvalue weighted by molar-refractivity contribution is 0.128. The van der Waals surface area contributed by atoms with Gasteiger partial charge in [0.1, 0.15) is 5.82 Å². The molecule has 1 saturated heterocycles. The molecule has 1 aliphatic heterocycles. The number of aromatic nitrogens is 2. The maximum atomic E-state index is 12.1. The molecule has 3 N–H and O–H groups in total. The van der Waals surface area contributed by atoms with Gasteiger partial charge in [0.15, 0.2) is 0 Å². The van der Waals surface area contributed by atoms with Gasteiger partial charge in [0.25, 0.3) is 0 Å². The predicted molar refractivity (Wildman–Crippen MR) is 76.2 cm³/mol. The summed E-state index contributed by atoms with van der Waals surface area (Å²) in [7, 11) is -0.943. The van der Waals surface area contributed by atoms with E-state index in [0.717, 1.165) is 36.3 Å². The zero-order valence-corrected chi connectivity index (χ0v) is 11.4. The Morgan fingerprint density at radius 2 is 2.42 bits per heavy atom. The third kappa shape index (κ3) is 2.96. The maximum absolute atomic E-state index is 12.1. The fourth-order valence-corrected chi connectivity index (χ4v) is 3.58. The van der Waals surface area contributed by atoms with Crippen molar-refractivity contribution in [2.24, 2.45) is 0 Å². The minimum absolute atomic E-state index is 0.154. The van der Waals surface area contributed by atoms with Gasteiger partial charge in [-0.2, -0.15) is 0 Å². The summed E-state index contributed by atoms with van der Waals surface area (Å²) < 4.78 is 17.6. The van der Waals surface area contributed by atoms with Crippen LogP contribution in [0.3, 0.4) is 0 Å². The summed E-state index contributed by atoms with van der Waals surface area (Å²) in [6.07, 6.45) is 2.25. The van der Waals surface area contributed by atoms with Crippen LogP contribution in [0.2, 0.25) is 0 Å². The van der Waals surface area contributed by atoms with Gasteiger partial charge in [0.05, 0.1) is 28.6 Å². The van der Waals surface area contributed by atoms with Gasteiger partial charge >= 0.3 is 0 Å². The predicted octanol–water partition coefficient (Wildman–Crippen LogP) is 1.57. The normalized spacial score (nSPS) is 20.9. The summed E-state index contributed by atoms with van der Waals surface area (Å²) in [5.41, 5.74) is 8.17. The highest BCUT2D eigenvalue weighted by Crippen LogP contribution is 2.17. The molecule has 0 spiro atoms. The van der Waals surface area contributed by atoms with Gasteiger partial charge < -0.3 is 15.5 Å². The number of nitrogens with one attached hydrogen (secondary N) is 1. The number of rotatable bonds is 4. The summed E-state index contributed by atoms with van der Waals surface area (Å²) in [5.74, 6) is 1.78. The third-order valence-electron chi connectivity index (χ3n) is 3.25. The molecule has 0 saturated carbocycles. The molecule has 0 bridgehead atoms. The van der Waals surface area contributed by atoms with Gasteiger partial charge in [0, 0.05) is 23.1 Å². The molecule has 2 atom stereocenters. The highest BCUT2D eigenvalue weighted by atomic mass is 32.2. The van der Waals surface area contributed by atoms with Crippen molar-refractivity contribution in [2.45, 2.75) is 24.7 Å². The first-order chi connectivity index (χ1) is 9.20. The number of anilines is 1. The number of nitrogen functional groups attached to an aromatic ring is 1. The standard InChI is InChI=1S/C13H17N3O2S/c14-9-3-4-11-12(6-9)16-13(15-11)8-19(17)7-10-2-1-5-18-10/h3-4,6,10H,1-2,5,7-8,14H2,(H,15,16). The number of ether oxygens (including phenoxy) is 1. The number of imidazole rings is 1. The van der Waals surface area contributed by atoms with E-state index < -0.39 is 10.8 Å². The smallest absolute Gasteiger partial charge is 0.119 e. The number of nitrogens with zero attached hydrogens (tertiary/aromatic N) is 1. The molecule has 1 aliphatic rings. The van der Waals surface area contributed by atoms with Crippen molar-refractivity contribution in [3.63, 3.8) is 0 Å². The first-order valence-corrected chi connectivity index (χ1v) is 7.90. The second-order valence-electron chi connectivity index (χ2n) is 4.85. The van der Waals surface area contributed by atoms with E-state index in [0.29, 0.717) is 17.2 Å². The van der Waals surface area contributed by atoms with Gasteiger partial charge in [-0.1, -0.05) is 0 Å². The largest absolute Gasteiger partial charge is 0.399 e. The molecule has 2 aromatic rings. The first kappa shape index (κ1) is 12.6. The summed E-state index contributed by atoms with van der Waals surface area (Å²) >= 11 is 0. The van der Waals surface area contributed by atoms with E-state index in [9.17, 15) is 4.21 Å². The van der Waals surface area contributed by atoms with Crippen molar-refractivity contribution in [1.82, 2.24) is 9.97 Å². The fourth-order valence-electron chi connectivity index (χ4n) is 2.34. The van der Waals surface area contributed by atoms with Gasteiger partial charge in [-0.25, -0.2) is 4.98 Å². The number of hydrogen-bond acceptors (Lipinski definition) is 4. The molecular formula is C13H17N3O2S. The average molecular weight is 279 g/mol. The molecule has 2 heterocycles. The van der Waals surface area contributed by atoms with E-state index in [2.05, 4.69) is 9.97 Å². The van der Waals surface area contributed by atoms with Crippen LogP contribution in [0.4, 0.5) is 5.69 Å². The summed E-state index contributed by atoms with van der Waals surface area (Å²) in [5, 5.41) is 0. The monoisotopic (exact) mass is 279 g/mol. The van der Waals surface area contributed by atoms with Crippen LogP contribution in [-0.4, -0.2) is 32.6 Å². The molecule has 0 amide bonds. The van der Waals surface area contributed by atoms with Gasteiger partial charge in [-0.15, -0.1) is 0 Å². The molecule has 1 fully saturated rings. The van der Waals surface area contributed by atoms with E-state index in [1.165, 1.54) is 0 Å². The van der Waals surface area contributed by atoms with Gasteiger partial charge in [0.2, 0.25) is 0 Å². The second-order valence-corrected chi connectivity index (χ2v) is 6.35. The minimum Gasteiger partial charge on any atom is -0.399 e. The SMILES string of the molecule is Nc1ccc2nc(CS(=O)CC3CCCO3)[nH]c2c1. The Labute approximate surface area is 114 Å². The topological polar surface area (TPSA) is 81.0 Å². The highest BCUT2D eigenvalue weighted by molar-refractivity contribution is 7.84. The zero-order chi connectivity index (χ0) is 13.2. The molecule has 6 heteroatoms. The van der Waals surface area contributed by atoms with Crippen LogP contribution in [0.15, 0.2) is 18.2 Å². The maximum Gasteiger partial charge on any atom is 0.119 e.